The van der Waals surface area contributed by atoms with E-state index in [1.54, 1.807) is 6.20 Å². The van der Waals surface area contributed by atoms with Crippen LogP contribution in [0.1, 0.15) is 0 Å². The lowest BCUT2D eigenvalue weighted by Gasteiger charge is -2.05. The van der Waals surface area contributed by atoms with Crippen molar-refractivity contribution in [2.24, 2.45) is 10.2 Å². The number of pyridine rings is 1. The first kappa shape index (κ1) is 5.88. The Hall–Kier alpha value is -1.71. The molecule has 12 heavy (non-hydrogen) atoms. The Balaban J connectivity index is 2.41. The first-order valence-corrected chi connectivity index (χ1v) is 3.77. The summed E-state index contributed by atoms with van der Waals surface area (Å²) in [5.41, 5.74) is 2.11. The topological polar surface area (TPSA) is 42.5 Å². The van der Waals surface area contributed by atoms with E-state index in [0.29, 0.717) is 6.67 Å². The number of fused-ring (bicyclic) bond motifs is 3. The van der Waals surface area contributed by atoms with Gasteiger partial charge in [-0.2, -0.15) is 5.11 Å². The highest BCUT2D eigenvalue weighted by Gasteiger charge is 2.13. The monoisotopic (exact) mass is 158 g/mol. The minimum Gasteiger partial charge on any atom is -0.301 e. The van der Waals surface area contributed by atoms with Crippen molar-refractivity contribution in [3.05, 3.63) is 24.4 Å². The summed E-state index contributed by atoms with van der Waals surface area (Å²) in [4.78, 5) is 4.19. The molecule has 58 valence electrons. The molecule has 0 saturated carbocycles. The molecule has 4 nitrogen and oxygen atoms in total. The van der Waals surface area contributed by atoms with Gasteiger partial charge in [0, 0.05) is 6.20 Å². The van der Waals surface area contributed by atoms with Gasteiger partial charge in [0.25, 0.3) is 0 Å². The maximum absolute atomic E-state index is 4.19. The smallest absolute Gasteiger partial charge is 0.157 e. The largest absolute Gasteiger partial charge is 0.301 e. The van der Waals surface area contributed by atoms with Crippen LogP contribution in [0.15, 0.2) is 34.6 Å². The van der Waals surface area contributed by atoms with Gasteiger partial charge in [-0.25, -0.2) is 0 Å². The lowest BCUT2D eigenvalue weighted by molar-refractivity contribution is 0.779. The average Bonchev–Trinajstić information content (AvgIpc) is 2.71. The summed E-state index contributed by atoms with van der Waals surface area (Å²) in [5, 5.41) is 7.93. The molecule has 3 rings (SSSR count). The zero-order chi connectivity index (χ0) is 7.97. The van der Waals surface area contributed by atoms with E-state index in [1.165, 1.54) is 0 Å². The maximum atomic E-state index is 4.19. The van der Waals surface area contributed by atoms with Crippen LogP contribution in [0.4, 0.5) is 5.82 Å². The zero-order valence-corrected chi connectivity index (χ0v) is 6.31. The Morgan fingerprint density at radius 2 is 2.25 bits per heavy atom. The van der Waals surface area contributed by atoms with Gasteiger partial charge in [-0.1, -0.05) is 0 Å². The van der Waals surface area contributed by atoms with Crippen molar-refractivity contribution in [3.63, 3.8) is 0 Å². The predicted octanol–water partition coefficient (Wildman–Crippen LogP) is 2.04. The number of hydrogen-bond donors (Lipinski definition) is 0. The van der Waals surface area contributed by atoms with Crippen LogP contribution in [-0.4, -0.2) is 9.55 Å². The molecule has 0 aromatic heterocycles. The first-order valence-electron chi connectivity index (χ1n) is 3.77. The van der Waals surface area contributed by atoms with Crippen LogP contribution in [0.2, 0.25) is 0 Å². The molecule has 0 aromatic rings. The van der Waals surface area contributed by atoms with E-state index < -0.39 is 0 Å². The summed E-state index contributed by atoms with van der Waals surface area (Å²) in [6.45, 7) is 0.623. The summed E-state index contributed by atoms with van der Waals surface area (Å²) >= 11 is 0. The molecule has 0 fully saturated rings. The molecule has 0 atom stereocenters. The third kappa shape index (κ3) is 0.592. The zero-order valence-electron chi connectivity index (χ0n) is 6.31. The average molecular weight is 158 g/mol. The van der Waals surface area contributed by atoms with E-state index in [0.717, 1.165) is 17.2 Å². The summed E-state index contributed by atoms with van der Waals surface area (Å²) < 4.78 is 2.04. The summed E-state index contributed by atoms with van der Waals surface area (Å²) in [5.74, 6) is 0.913. The van der Waals surface area contributed by atoms with Crippen LogP contribution in [0.5, 0.6) is 0 Å². The molecule has 4 heteroatoms. The van der Waals surface area contributed by atoms with Crippen LogP contribution in [0, 0.1) is 0 Å². The molecule has 0 bridgehead atoms. The Morgan fingerprint density at radius 3 is 3.25 bits per heavy atom. The van der Waals surface area contributed by atoms with E-state index in [4.69, 9.17) is 0 Å². The Bertz CT molecular complexity index is 429. The second-order valence-corrected chi connectivity index (χ2v) is 2.72. The molecule has 0 radical (unpaired) electrons. The van der Waals surface area contributed by atoms with Crippen LogP contribution in [0.3, 0.4) is 0 Å². The minimum absolute atomic E-state index is 0.623. The van der Waals surface area contributed by atoms with Gasteiger partial charge in [0.05, 0.1) is 11.4 Å². The molecule has 0 N–H and O–H groups in total. The maximum Gasteiger partial charge on any atom is 0.157 e. The number of hydrogen-bond acceptors (Lipinski definition) is 3. The predicted molar refractivity (Wildman–Crippen MR) is 43.4 cm³/mol. The van der Waals surface area contributed by atoms with E-state index >= 15 is 0 Å². The van der Waals surface area contributed by atoms with Crippen LogP contribution in [0.25, 0.3) is 11.4 Å². The number of nitrogens with zero attached hydrogens (tertiary/aromatic N) is 4. The lowest BCUT2D eigenvalue weighted by Crippen LogP contribution is -1.96. The molecular weight excluding hydrogens is 152 g/mol. The van der Waals surface area contributed by atoms with E-state index in [-0.39, 0.29) is 0 Å². The van der Waals surface area contributed by atoms with Gasteiger partial charge in [-0.15, -0.1) is 5.11 Å². The van der Waals surface area contributed by atoms with Gasteiger partial charge in [0.1, 0.15) is 6.67 Å². The van der Waals surface area contributed by atoms with Crippen molar-refractivity contribution in [3.8, 4) is 11.4 Å². The fourth-order valence-corrected chi connectivity index (χ4v) is 1.47. The van der Waals surface area contributed by atoms with Crippen molar-refractivity contribution in [2.75, 3.05) is 0 Å². The summed E-state index contributed by atoms with van der Waals surface area (Å²) in [6, 6.07) is 5.88. The second kappa shape index (κ2) is 1.91. The highest BCUT2D eigenvalue weighted by atomic mass is 15.3. The van der Waals surface area contributed by atoms with Gasteiger partial charge in [0.15, 0.2) is 5.82 Å². The van der Waals surface area contributed by atoms with Crippen LogP contribution in [-0.2, 0) is 6.67 Å². The summed E-state index contributed by atoms with van der Waals surface area (Å²) in [7, 11) is 0. The normalized spacial score (nSPS) is 14.0. The molecule has 0 unspecified atom stereocenters. The highest BCUT2D eigenvalue weighted by Crippen LogP contribution is 2.29. The molecule has 0 amide bonds. The Morgan fingerprint density at radius 1 is 1.25 bits per heavy atom. The highest BCUT2D eigenvalue weighted by molar-refractivity contribution is 5.60. The minimum atomic E-state index is 0.623. The number of aromatic nitrogens is 2. The molecule has 3 heterocycles. The fourth-order valence-electron chi connectivity index (χ4n) is 1.47. The molecular formula is C8H6N4. The quantitative estimate of drug-likeness (QED) is 0.578. The molecule has 3 aliphatic heterocycles. The standard InChI is InChI=1S/C8H6N4/c1-2-8-11-10-5-12(8)7-3-4-9-6(1)7/h1-4H,5H2. The van der Waals surface area contributed by atoms with Gasteiger partial charge in [0.2, 0.25) is 0 Å². The number of rotatable bonds is 0. The molecule has 0 aliphatic carbocycles. The lowest BCUT2D eigenvalue weighted by atomic mass is 10.3. The number of azo groups is 1. The molecule has 0 saturated heterocycles. The summed E-state index contributed by atoms with van der Waals surface area (Å²) in [6.07, 6.45) is 1.80. The van der Waals surface area contributed by atoms with E-state index in [9.17, 15) is 0 Å². The van der Waals surface area contributed by atoms with E-state index in [1.807, 2.05) is 22.8 Å². The van der Waals surface area contributed by atoms with Crippen molar-refractivity contribution < 1.29 is 0 Å². The molecule has 0 spiro atoms. The van der Waals surface area contributed by atoms with Gasteiger partial charge >= 0.3 is 0 Å². The van der Waals surface area contributed by atoms with Crippen molar-refractivity contribution in [1.82, 2.24) is 9.55 Å². The van der Waals surface area contributed by atoms with Crippen LogP contribution >= 0.6 is 0 Å². The van der Waals surface area contributed by atoms with Gasteiger partial charge in [-0.05, 0) is 18.2 Å². The van der Waals surface area contributed by atoms with E-state index in [2.05, 4.69) is 15.2 Å². The fraction of sp³-hybridized carbons (Fsp3) is 0.125. The third-order valence-electron chi connectivity index (χ3n) is 2.04. The van der Waals surface area contributed by atoms with Crippen molar-refractivity contribution in [1.29, 1.82) is 0 Å². The van der Waals surface area contributed by atoms with Gasteiger partial charge in [-0.3, -0.25) is 4.98 Å². The second-order valence-electron chi connectivity index (χ2n) is 2.72. The van der Waals surface area contributed by atoms with Crippen LogP contribution < -0.4 is 0 Å². The van der Waals surface area contributed by atoms with Crippen molar-refractivity contribution >= 4 is 5.82 Å². The van der Waals surface area contributed by atoms with Crippen molar-refractivity contribution in [2.45, 2.75) is 6.67 Å². The Kier molecular flexibility index (Phi) is 0.935. The molecule has 3 aliphatic rings. The third-order valence-corrected chi connectivity index (χ3v) is 2.04. The molecule has 0 aromatic carbocycles. The first-order chi connectivity index (χ1) is 5.95. The van der Waals surface area contributed by atoms with Gasteiger partial charge < -0.3 is 4.57 Å². The SMILES string of the molecule is c1cc2n3c(ccc-2n1)N=NC3. The Labute approximate surface area is 68.9 Å².